The summed E-state index contributed by atoms with van der Waals surface area (Å²) in [5, 5.41) is 56.2. The highest BCUT2D eigenvalue weighted by atomic mass is 35.5. The lowest BCUT2D eigenvalue weighted by Gasteiger charge is -2.34. The van der Waals surface area contributed by atoms with E-state index in [1.165, 1.54) is 11.1 Å². The molecule has 5 atom stereocenters. The lowest BCUT2D eigenvalue weighted by Crippen LogP contribution is -2.50. The molecule has 2 aromatic rings. The molecule has 1 saturated heterocycles. The third-order valence-corrected chi connectivity index (χ3v) is 10.3. The van der Waals surface area contributed by atoms with E-state index in [9.17, 15) is 30.0 Å². The van der Waals surface area contributed by atoms with E-state index < -0.39 is 36.9 Å². The van der Waals surface area contributed by atoms with Gasteiger partial charge in [0.1, 0.15) is 18.3 Å². The summed E-state index contributed by atoms with van der Waals surface area (Å²) < 4.78 is 0. The number of aryl methyl sites for hydroxylation is 1. The molecule has 1 aliphatic heterocycles. The van der Waals surface area contributed by atoms with Gasteiger partial charge in [0.2, 0.25) is 5.91 Å². The van der Waals surface area contributed by atoms with Crippen LogP contribution in [0.3, 0.4) is 0 Å². The third kappa shape index (κ3) is 14.5. The number of aliphatic hydroxyl groups excluding tert-OH is 5. The van der Waals surface area contributed by atoms with Crippen molar-refractivity contribution in [1.82, 2.24) is 30.4 Å². The second kappa shape index (κ2) is 22.9. The number of hydrogen-bond donors (Lipinski definition) is 9. The second-order valence-corrected chi connectivity index (χ2v) is 14.6. The average Bonchev–Trinajstić information content (AvgIpc) is 3.15. The van der Waals surface area contributed by atoms with Crippen LogP contribution in [0.1, 0.15) is 73.5 Å². The normalized spacial score (nSPS) is 16.7. The lowest BCUT2D eigenvalue weighted by atomic mass is 9.94. The second-order valence-electron chi connectivity index (χ2n) is 14.2. The summed E-state index contributed by atoms with van der Waals surface area (Å²) >= 11 is 5.98. The number of anilines is 2. The van der Waals surface area contributed by atoms with Crippen molar-refractivity contribution >= 4 is 35.1 Å². The smallest absolute Gasteiger partial charge is 0.273 e. The first kappa shape index (κ1) is 44.2. The topological polar surface area (TPSA) is 244 Å². The van der Waals surface area contributed by atoms with Gasteiger partial charge in [-0.25, -0.2) is 9.97 Å². The summed E-state index contributed by atoms with van der Waals surface area (Å²) in [6.07, 6.45) is 0.441. The molecule has 3 rings (SSSR count). The standard InChI is InChI=1S/C37H61ClN8O7/c1-3-4-5-8-14-45(22-28(48)32(51)33(52)29(49)23-47)15-13-30(50)46-16-11-25(12-17-46)19-41-20-26(18-27-10-7-6-9-24(27)2)21-42-37(53)31-35(39)44-36(40)34(38)43-31/h6-7,9-10,25-26,28-29,32-33,41,47-49,51-52H,3-5,8,11-23H2,1-2H3,(H,42,53)(H4,39,40,44)/t26?,28-,29-,32-,33-/m1/s1. The van der Waals surface area contributed by atoms with Crippen LogP contribution >= 0.6 is 11.6 Å². The van der Waals surface area contributed by atoms with Crippen LogP contribution in [-0.4, -0.2) is 140 Å². The number of nitrogens with zero attached hydrogens (tertiary/aromatic N) is 4. The molecule has 0 saturated carbocycles. The van der Waals surface area contributed by atoms with Crippen LogP contribution in [0.2, 0.25) is 5.15 Å². The molecule has 15 nitrogen and oxygen atoms in total. The van der Waals surface area contributed by atoms with Crippen molar-refractivity contribution in [2.45, 2.75) is 89.6 Å². The Labute approximate surface area is 318 Å². The Morgan fingerprint density at radius 1 is 0.981 bits per heavy atom. The van der Waals surface area contributed by atoms with Gasteiger partial charge >= 0.3 is 0 Å². The van der Waals surface area contributed by atoms with Gasteiger partial charge in [-0.1, -0.05) is 62.1 Å². The van der Waals surface area contributed by atoms with E-state index in [-0.39, 0.29) is 47.3 Å². The Bertz CT molecular complexity index is 1420. The van der Waals surface area contributed by atoms with E-state index >= 15 is 0 Å². The van der Waals surface area contributed by atoms with Crippen molar-refractivity contribution in [3.8, 4) is 0 Å². The predicted molar refractivity (Wildman–Crippen MR) is 205 cm³/mol. The van der Waals surface area contributed by atoms with Crippen LogP contribution in [0.15, 0.2) is 24.3 Å². The molecule has 1 fully saturated rings. The van der Waals surface area contributed by atoms with Gasteiger partial charge in [0.25, 0.3) is 5.91 Å². The van der Waals surface area contributed by atoms with Crippen LogP contribution < -0.4 is 22.1 Å². The number of aliphatic hydroxyl groups is 5. The molecule has 0 spiro atoms. The zero-order valence-electron chi connectivity index (χ0n) is 31.2. The third-order valence-electron chi connectivity index (χ3n) is 10.0. The summed E-state index contributed by atoms with van der Waals surface area (Å²) in [7, 11) is 0. The molecule has 2 heterocycles. The zero-order valence-corrected chi connectivity index (χ0v) is 31.9. The number of carbonyl (C=O) groups is 2. The fraction of sp³-hybridized carbons (Fsp3) is 0.676. The minimum Gasteiger partial charge on any atom is -0.394 e. The molecule has 0 aliphatic carbocycles. The molecule has 0 bridgehead atoms. The van der Waals surface area contributed by atoms with Crippen molar-refractivity contribution in [2.24, 2.45) is 11.8 Å². The van der Waals surface area contributed by atoms with E-state index in [0.29, 0.717) is 45.2 Å². The number of amides is 2. The number of likely N-dealkylation sites (tertiary alicyclic amines) is 1. The summed E-state index contributed by atoms with van der Waals surface area (Å²) in [5.41, 5.74) is 13.8. The van der Waals surface area contributed by atoms with E-state index in [4.69, 9.17) is 28.2 Å². The molecule has 298 valence electrons. The van der Waals surface area contributed by atoms with Crippen molar-refractivity contribution < 1.29 is 35.1 Å². The van der Waals surface area contributed by atoms with Gasteiger partial charge in [-0.2, -0.15) is 0 Å². The lowest BCUT2D eigenvalue weighted by molar-refractivity contribution is -0.133. The molecule has 2 amide bonds. The number of halogens is 1. The summed E-state index contributed by atoms with van der Waals surface area (Å²) in [6, 6.07) is 8.16. The van der Waals surface area contributed by atoms with Crippen molar-refractivity contribution in [3.05, 3.63) is 46.2 Å². The fourth-order valence-corrected chi connectivity index (χ4v) is 6.71. The van der Waals surface area contributed by atoms with Crippen LogP contribution in [0.5, 0.6) is 0 Å². The Morgan fingerprint density at radius 2 is 1.68 bits per heavy atom. The van der Waals surface area contributed by atoms with Gasteiger partial charge in [-0.15, -0.1) is 0 Å². The van der Waals surface area contributed by atoms with Gasteiger partial charge in [-0.05, 0) is 75.2 Å². The Kier molecular flexibility index (Phi) is 19.1. The summed E-state index contributed by atoms with van der Waals surface area (Å²) in [5.74, 6) is -0.133. The molecule has 1 unspecified atom stereocenters. The number of aromatic nitrogens is 2. The number of nitrogens with one attached hydrogen (secondary N) is 2. The number of benzene rings is 1. The molecule has 0 radical (unpaired) electrons. The fourth-order valence-electron chi connectivity index (χ4n) is 6.58. The van der Waals surface area contributed by atoms with Gasteiger partial charge in [-0.3, -0.25) is 9.59 Å². The van der Waals surface area contributed by atoms with Gasteiger partial charge in [0.15, 0.2) is 22.5 Å². The van der Waals surface area contributed by atoms with Crippen molar-refractivity contribution in [1.29, 1.82) is 0 Å². The molecular formula is C37H61ClN8O7. The maximum absolute atomic E-state index is 13.2. The number of rotatable bonds is 23. The molecule has 11 N–H and O–H groups in total. The molecular weight excluding hydrogens is 704 g/mol. The molecule has 1 aromatic carbocycles. The first-order chi connectivity index (χ1) is 25.3. The van der Waals surface area contributed by atoms with E-state index in [0.717, 1.165) is 51.5 Å². The predicted octanol–water partition coefficient (Wildman–Crippen LogP) is 0.728. The average molecular weight is 765 g/mol. The first-order valence-corrected chi connectivity index (χ1v) is 19.2. The zero-order chi connectivity index (χ0) is 38.9. The number of nitrogen functional groups attached to an aromatic ring is 2. The molecule has 1 aromatic heterocycles. The Hall–Kier alpha value is -3.15. The highest BCUT2D eigenvalue weighted by Crippen LogP contribution is 2.20. The van der Waals surface area contributed by atoms with Crippen LogP contribution in [-0.2, 0) is 11.2 Å². The van der Waals surface area contributed by atoms with Crippen LogP contribution in [0, 0.1) is 18.8 Å². The highest BCUT2D eigenvalue weighted by Gasteiger charge is 2.31. The summed E-state index contributed by atoms with van der Waals surface area (Å²) in [6.45, 7) is 7.55. The minimum atomic E-state index is -1.69. The molecule has 16 heteroatoms. The van der Waals surface area contributed by atoms with Crippen molar-refractivity contribution in [2.75, 3.05) is 70.4 Å². The quantitative estimate of drug-likeness (QED) is 0.0710. The van der Waals surface area contributed by atoms with E-state index in [1.807, 2.05) is 21.9 Å². The SMILES string of the molecule is CCCCCCN(CCC(=O)N1CCC(CNCC(CNC(=O)c2nc(Cl)c(N)nc2N)Cc2ccccc2C)CC1)C[C@@H](O)[C@@H](O)[C@H](O)[C@H](O)CO. The minimum absolute atomic E-state index is 0.0237. The number of hydrogen-bond acceptors (Lipinski definition) is 13. The number of carbonyl (C=O) groups excluding carboxylic acids is 2. The number of nitrogens with two attached hydrogens (primary N) is 2. The van der Waals surface area contributed by atoms with Gasteiger partial charge in [0, 0.05) is 39.1 Å². The number of unbranched alkanes of at least 4 members (excludes halogenated alkanes) is 3. The first-order valence-electron chi connectivity index (χ1n) is 18.8. The van der Waals surface area contributed by atoms with Crippen molar-refractivity contribution in [3.63, 3.8) is 0 Å². The largest absolute Gasteiger partial charge is 0.394 e. The molecule has 1 aliphatic rings. The Balaban J connectivity index is 1.49. The maximum atomic E-state index is 13.2. The van der Waals surface area contributed by atoms with Crippen LogP contribution in [0.25, 0.3) is 0 Å². The van der Waals surface area contributed by atoms with Gasteiger partial charge < -0.3 is 57.4 Å². The van der Waals surface area contributed by atoms with E-state index in [1.54, 1.807) is 0 Å². The van der Waals surface area contributed by atoms with Gasteiger partial charge in [0.05, 0.1) is 12.7 Å². The highest BCUT2D eigenvalue weighted by molar-refractivity contribution is 6.31. The maximum Gasteiger partial charge on any atom is 0.273 e. The molecule has 53 heavy (non-hydrogen) atoms. The Morgan fingerprint density at radius 3 is 2.36 bits per heavy atom. The van der Waals surface area contributed by atoms with E-state index in [2.05, 4.69) is 46.6 Å². The summed E-state index contributed by atoms with van der Waals surface area (Å²) in [4.78, 5) is 37.9. The number of piperidine rings is 1. The monoisotopic (exact) mass is 764 g/mol. The van der Waals surface area contributed by atoms with Crippen LogP contribution in [0.4, 0.5) is 11.6 Å².